The predicted octanol–water partition coefficient (Wildman–Crippen LogP) is 5.14. The van der Waals surface area contributed by atoms with Gasteiger partial charge in [-0.25, -0.2) is 4.98 Å². The summed E-state index contributed by atoms with van der Waals surface area (Å²) in [6, 6.07) is 13.8. The van der Waals surface area contributed by atoms with Gasteiger partial charge in [0.15, 0.2) is 0 Å². The largest absolute Gasteiger partial charge is 0.416 e. The first-order valence-electron chi connectivity index (χ1n) is 11.1. The average molecular weight is 484 g/mol. The van der Waals surface area contributed by atoms with Crippen LogP contribution >= 0.6 is 11.8 Å². The van der Waals surface area contributed by atoms with Crippen molar-refractivity contribution in [3.8, 4) is 5.69 Å². The van der Waals surface area contributed by atoms with Crippen LogP contribution < -0.4 is 5.32 Å². The third-order valence-electron chi connectivity index (χ3n) is 5.89. The fourth-order valence-corrected chi connectivity index (χ4v) is 5.03. The zero-order chi connectivity index (χ0) is 23.5. The van der Waals surface area contributed by atoms with Crippen molar-refractivity contribution in [2.24, 2.45) is 0 Å². The Morgan fingerprint density at radius 1 is 0.971 bits per heavy atom. The molecule has 1 fully saturated rings. The van der Waals surface area contributed by atoms with Crippen LogP contribution in [0.2, 0.25) is 0 Å². The van der Waals surface area contributed by atoms with E-state index in [0.717, 1.165) is 72.1 Å². The number of thioether (sulfide) groups is 1. The molecule has 0 radical (unpaired) electrons. The van der Waals surface area contributed by atoms with Crippen LogP contribution in [0.15, 0.2) is 72.1 Å². The molecule has 176 valence electrons. The van der Waals surface area contributed by atoms with Crippen molar-refractivity contribution >= 4 is 22.7 Å². The summed E-state index contributed by atoms with van der Waals surface area (Å²) in [4.78, 5) is 12.0. The Labute approximate surface area is 200 Å². The first-order valence-corrected chi connectivity index (χ1v) is 12.1. The number of nitrogens with zero attached hydrogens (tertiary/aromatic N) is 4. The Morgan fingerprint density at radius 2 is 1.76 bits per heavy atom. The highest BCUT2D eigenvalue weighted by atomic mass is 32.2. The van der Waals surface area contributed by atoms with E-state index in [-0.39, 0.29) is 0 Å². The maximum Gasteiger partial charge on any atom is 0.416 e. The molecule has 1 saturated heterocycles. The minimum atomic E-state index is -4.37. The standard InChI is InChI=1S/C25H24F3N5S/c26-25(27,28)19-3-6-22-23(13-19)30-8-7-24(22)34-16-18-1-4-21(5-2-18)33-15-20(31-17-33)14-32-11-9-29-10-12-32/h1-8,13,15,17,29H,9-12,14,16H2. The van der Waals surface area contributed by atoms with E-state index < -0.39 is 11.7 Å². The van der Waals surface area contributed by atoms with Gasteiger partial charge in [0.2, 0.25) is 0 Å². The van der Waals surface area contributed by atoms with Gasteiger partial charge in [0.05, 0.1) is 23.1 Å². The first kappa shape index (κ1) is 22.9. The molecule has 34 heavy (non-hydrogen) atoms. The van der Waals surface area contributed by atoms with Crippen LogP contribution in [0.25, 0.3) is 16.6 Å². The normalized spacial score (nSPS) is 15.1. The van der Waals surface area contributed by atoms with Crippen molar-refractivity contribution < 1.29 is 13.2 Å². The van der Waals surface area contributed by atoms with Crippen LogP contribution in [0.4, 0.5) is 13.2 Å². The van der Waals surface area contributed by atoms with E-state index in [1.807, 2.05) is 17.0 Å². The van der Waals surface area contributed by atoms with Crippen molar-refractivity contribution in [3.05, 3.63) is 84.1 Å². The van der Waals surface area contributed by atoms with Crippen molar-refractivity contribution in [3.63, 3.8) is 0 Å². The number of halogens is 3. The Bertz CT molecular complexity index is 1260. The molecule has 2 aromatic heterocycles. The van der Waals surface area contributed by atoms with E-state index in [9.17, 15) is 13.2 Å². The lowest BCUT2D eigenvalue weighted by Gasteiger charge is -2.26. The second-order valence-electron chi connectivity index (χ2n) is 8.29. The number of pyridine rings is 1. The number of nitrogens with one attached hydrogen (secondary N) is 1. The Kier molecular flexibility index (Phi) is 6.58. The maximum atomic E-state index is 13.0. The number of hydrogen-bond donors (Lipinski definition) is 1. The number of aromatic nitrogens is 3. The second-order valence-corrected chi connectivity index (χ2v) is 9.31. The zero-order valence-electron chi connectivity index (χ0n) is 18.4. The SMILES string of the molecule is FC(F)(F)c1ccc2c(SCc3ccc(-n4cnc(CN5CCNCC5)c4)cc3)ccnc2c1. The van der Waals surface area contributed by atoms with Gasteiger partial charge in [-0.05, 0) is 35.9 Å². The molecule has 0 spiro atoms. The molecule has 0 aliphatic carbocycles. The zero-order valence-corrected chi connectivity index (χ0v) is 19.2. The number of rotatable bonds is 6. The van der Waals surface area contributed by atoms with Crippen LogP contribution in [-0.4, -0.2) is 45.6 Å². The molecule has 1 N–H and O–H groups in total. The summed E-state index contributed by atoms with van der Waals surface area (Å²) in [5.41, 5.74) is 2.90. The molecule has 0 amide bonds. The first-order chi connectivity index (χ1) is 16.5. The van der Waals surface area contributed by atoms with E-state index in [1.165, 1.54) is 6.07 Å². The summed E-state index contributed by atoms with van der Waals surface area (Å²) in [6.45, 7) is 4.97. The van der Waals surface area contributed by atoms with Crippen LogP contribution in [0.5, 0.6) is 0 Å². The molecule has 0 unspecified atom stereocenters. The molecular formula is C25H24F3N5S. The lowest BCUT2D eigenvalue weighted by Crippen LogP contribution is -2.42. The average Bonchev–Trinajstić information content (AvgIpc) is 3.31. The summed E-state index contributed by atoms with van der Waals surface area (Å²) in [5, 5.41) is 4.09. The van der Waals surface area contributed by atoms with Crippen LogP contribution in [0.1, 0.15) is 16.8 Å². The van der Waals surface area contributed by atoms with Gasteiger partial charge in [-0.15, -0.1) is 11.8 Å². The van der Waals surface area contributed by atoms with Gasteiger partial charge in [0.25, 0.3) is 0 Å². The lowest BCUT2D eigenvalue weighted by molar-refractivity contribution is -0.137. The van der Waals surface area contributed by atoms with Gasteiger partial charge < -0.3 is 9.88 Å². The summed E-state index contributed by atoms with van der Waals surface area (Å²) >= 11 is 1.59. The van der Waals surface area contributed by atoms with Crippen molar-refractivity contribution in [1.82, 2.24) is 24.8 Å². The molecule has 5 nitrogen and oxygen atoms in total. The number of hydrogen-bond acceptors (Lipinski definition) is 5. The number of benzene rings is 2. The van der Waals surface area contributed by atoms with E-state index in [1.54, 1.807) is 18.0 Å². The predicted molar refractivity (Wildman–Crippen MR) is 128 cm³/mol. The third kappa shape index (κ3) is 5.27. The third-order valence-corrected chi connectivity index (χ3v) is 7.03. The lowest BCUT2D eigenvalue weighted by atomic mass is 10.1. The molecule has 2 aromatic carbocycles. The van der Waals surface area contributed by atoms with Gasteiger partial charge in [0, 0.05) is 66.8 Å². The Morgan fingerprint density at radius 3 is 2.53 bits per heavy atom. The van der Waals surface area contributed by atoms with Gasteiger partial charge in [-0.3, -0.25) is 9.88 Å². The quantitative estimate of drug-likeness (QED) is 0.385. The van der Waals surface area contributed by atoms with E-state index >= 15 is 0 Å². The smallest absolute Gasteiger partial charge is 0.314 e. The van der Waals surface area contributed by atoms with Gasteiger partial charge in [0.1, 0.15) is 0 Å². The number of imidazole rings is 1. The minimum absolute atomic E-state index is 0.354. The summed E-state index contributed by atoms with van der Waals surface area (Å²) < 4.78 is 41.0. The number of alkyl halides is 3. The minimum Gasteiger partial charge on any atom is -0.314 e. The molecular weight excluding hydrogens is 459 g/mol. The van der Waals surface area contributed by atoms with Crippen LogP contribution in [0, 0.1) is 0 Å². The summed E-state index contributed by atoms with van der Waals surface area (Å²) in [5.74, 6) is 0.707. The molecule has 9 heteroatoms. The Hall–Kier alpha value is -2.88. The molecule has 0 bridgehead atoms. The second kappa shape index (κ2) is 9.77. The van der Waals surface area contributed by atoms with Crippen LogP contribution in [-0.2, 0) is 18.5 Å². The van der Waals surface area contributed by atoms with Crippen LogP contribution in [0.3, 0.4) is 0 Å². The monoisotopic (exact) mass is 483 g/mol. The molecule has 0 atom stereocenters. The summed E-state index contributed by atoms with van der Waals surface area (Å²) in [6.07, 6.45) is 1.11. The van der Waals surface area contributed by atoms with Gasteiger partial charge in [-0.1, -0.05) is 18.2 Å². The highest BCUT2D eigenvalue weighted by Gasteiger charge is 2.30. The maximum absolute atomic E-state index is 13.0. The summed E-state index contributed by atoms with van der Waals surface area (Å²) in [7, 11) is 0. The molecule has 5 rings (SSSR count). The fourth-order valence-electron chi connectivity index (χ4n) is 4.03. The Balaban J connectivity index is 1.24. The fraction of sp³-hybridized carbons (Fsp3) is 0.280. The highest BCUT2D eigenvalue weighted by Crippen LogP contribution is 2.34. The van der Waals surface area contributed by atoms with Crippen molar-refractivity contribution in [1.29, 1.82) is 0 Å². The molecule has 1 aliphatic heterocycles. The van der Waals surface area contributed by atoms with Gasteiger partial charge in [-0.2, -0.15) is 13.2 Å². The number of piperazine rings is 1. The molecule has 1 aliphatic rings. The van der Waals surface area contributed by atoms with Gasteiger partial charge >= 0.3 is 6.18 Å². The van der Waals surface area contributed by atoms with E-state index in [4.69, 9.17) is 0 Å². The molecule has 0 saturated carbocycles. The topological polar surface area (TPSA) is 46.0 Å². The van der Waals surface area contributed by atoms with E-state index in [2.05, 4.69) is 50.6 Å². The van der Waals surface area contributed by atoms with Crippen molar-refractivity contribution in [2.45, 2.75) is 23.4 Å². The van der Waals surface area contributed by atoms with E-state index in [0.29, 0.717) is 11.3 Å². The van der Waals surface area contributed by atoms with Crippen molar-refractivity contribution in [2.75, 3.05) is 26.2 Å². The number of fused-ring (bicyclic) bond motifs is 1. The molecule has 4 aromatic rings. The molecule has 3 heterocycles. The highest BCUT2D eigenvalue weighted by molar-refractivity contribution is 7.98.